The quantitative estimate of drug-likeness (QED) is 0.0281. The maximum Gasteiger partial charge on any atom is 0.333 e. The van der Waals surface area contributed by atoms with Crippen LogP contribution in [0.2, 0.25) is 0 Å². The molecule has 20 nitrogen and oxygen atoms in total. The minimum Gasteiger partial charge on any atom is -0.456 e. The molecule has 0 aliphatic carbocycles. The highest BCUT2D eigenvalue weighted by atomic mass is 32.2. The second-order valence-corrected chi connectivity index (χ2v) is 23.1. The van der Waals surface area contributed by atoms with E-state index in [0.717, 1.165) is 33.5 Å². The Bertz CT molecular complexity index is 3060. The number of carbonyl (C=O) groups is 3. The Balaban J connectivity index is 1.13. The third-order valence-corrected chi connectivity index (χ3v) is 15.6. The summed E-state index contributed by atoms with van der Waals surface area (Å²) in [5.74, 6) is -1.39. The van der Waals surface area contributed by atoms with Gasteiger partial charge < -0.3 is 42.9 Å². The molecule has 0 bridgehead atoms. The zero-order valence-electron chi connectivity index (χ0n) is 45.5. The fraction of sp³-hybridized carbons (Fsp3) is 0.474. The molecule has 3 aromatic carbocycles. The summed E-state index contributed by atoms with van der Waals surface area (Å²) in [5.41, 5.74) is 5.60. The van der Waals surface area contributed by atoms with Gasteiger partial charge in [0, 0.05) is 85.5 Å². The Labute approximate surface area is 462 Å². The van der Waals surface area contributed by atoms with E-state index in [1.54, 1.807) is 7.11 Å². The van der Waals surface area contributed by atoms with Gasteiger partial charge in [0.2, 0.25) is 5.69 Å². The average molecular weight is 1140 g/mol. The van der Waals surface area contributed by atoms with Crippen LogP contribution >= 0.6 is 0 Å². The fourth-order valence-corrected chi connectivity index (χ4v) is 11.1. The summed E-state index contributed by atoms with van der Waals surface area (Å²) in [6.45, 7) is 14.0. The molecule has 7 rings (SSSR count). The number of carbonyl (C=O) groups excluding carboxylic acids is 3. The number of nitrogens with zero attached hydrogens (tertiary/aromatic N) is 3. The number of fused-ring (bicyclic) bond motifs is 3. The van der Waals surface area contributed by atoms with Crippen molar-refractivity contribution in [3.05, 3.63) is 113 Å². The Morgan fingerprint density at radius 1 is 0.785 bits per heavy atom. The van der Waals surface area contributed by atoms with Crippen LogP contribution in [0.4, 0.5) is 11.4 Å². The molecule has 1 unspecified atom stereocenters. The Morgan fingerprint density at radius 2 is 1.41 bits per heavy atom. The fourth-order valence-electron chi connectivity index (χ4n) is 10.1. The van der Waals surface area contributed by atoms with Crippen molar-refractivity contribution in [2.75, 3.05) is 104 Å². The highest BCUT2D eigenvalue weighted by Gasteiger charge is 2.48. The van der Waals surface area contributed by atoms with E-state index < -0.39 is 49.2 Å². The molecule has 4 aliphatic rings. The van der Waals surface area contributed by atoms with Gasteiger partial charge in [-0.2, -0.15) is 21.4 Å². The Hall–Kier alpha value is -5.92. The number of benzene rings is 3. The minimum absolute atomic E-state index is 0.0152. The van der Waals surface area contributed by atoms with Crippen LogP contribution in [0.15, 0.2) is 95.9 Å². The first-order valence-corrected chi connectivity index (χ1v) is 29.4. The smallest absolute Gasteiger partial charge is 0.333 e. The minimum atomic E-state index is -4.69. The van der Waals surface area contributed by atoms with Crippen LogP contribution in [-0.4, -0.2) is 163 Å². The molecule has 1 saturated heterocycles. The number of amides is 2. The van der Waals surface area contributed by atoms with Crippen LogP contribution < -0.4 is 9.64 Å². The van der Waals surface area contributed by atoms with E-state index in [1.807, 2.05) is 66.1 Å². The van der Waals surface area contributed by atoms with Gasteiger partial charge in [0.05, 0.1) is 94.3 Å². The summed E-state index contributed by atoms with van der Waals surface area (Å²) in [5, 5.41) is 0.480. The standard InChI is InChI=1S/C57H71N3O17S2/c1-41-40-56(2,3)59(23-24-71-27-28-73-31-32-75-34-33-74-30-29-72-26-25-70-5)49-39-51-46(38-45(41)49)43(36-50(76-51)42-12-7-6-8-13-42)14-9-15-52-57(4,21-10-16-55(63)77-60-53(61)19-20-54(60)62)47-37-44(79(67,68)69)17-18-48(47)58(52)22-11-35-78(64,65)66/h6-9,12-15,17-18,36-40H,10-11,16,19-35H2,1-5H3,(H-,64,65,66,67,68,69)/p+1. The number of hydrogen-bond donors (Lipinski definition) is 2. The van der Waals surface area contributed by atoms with E-state index in [9.17, 15) is 40.3 Å². The number of ether oxygens (including phenoxy) is 7. The summed E-state index contributed by atoms with van der Waals surface area (Å²) in [6.07, 6.45) is 9.76. The predicted octanol–water partition coefficient (Wildman–Crippen LogP) is 7.15. The lowest BCUT2D eigenvalue weighted by Gasteiger charge is -2.44. The molecular formula is C57H72N3O17S2+. The van der Waals surface area contributed by atoms with E-state index >= 15 is 0 Å². The topological polar surface area (TPSA) is 243 Å². The van der Waals surface area contributed by atoms with Crippen molar-refractivity contribution in [2.45, 2.75) is 82.1 Å². The molecule has 1 atom stereocenters. The molecule has 0 aromatic heterocycles. The maximum absolute atomic E-state index is 13.0. The van der Waals surface area contributed by atoms with E-state index in [1.165, 1.54) is 18.2 Å². The Kier molecular flexibility index (Phi) is 21.1. The summed E-state index contributed by atoms with van der Waals surface area (Å²) in [6, 6.07) is 18.0. The van der Waals surface area contributed by atoms with Gasteiger partial charge in [-0.3, -0.25) is 18.7 Å². The first kappa shape index (κ1) is 60.7. The van der Waals surface area contributed by atoms with Gasteiger partial charge in [-0.25, -0.2) is 4.79 Å². The monoisotopic (exact) mass is 1130 g/mol. The third kappa shape index (κ3) is 16.1. The molecule has 0 spiro atoms. The number of allylic oxidation sites excluding steroid dienone is 6. The largest absolute Gasteiger partial charge is 0.456 e. The van der Waals surface area contributed by atoms with Crippen molar-refractivity contribution in [3.8, 4) is 5.75 Å². The number of hydrogen-bond acceptors (Lipinski definition) is 16. The summed E-state index contributed by atoms with van der Waals surface area (Å²) < 4.78 is 111. The number of anilines is 1. The number of rotatable bonds is 31. The first-order chi connectivity index (χ1) is 37.7. The summed E-state index contributed by atoms with van der Waals surface area (Å²) in [7, 11) is -7.42. The molecule has 428 valence electrons. The maximum atomic E-state index is 13.0. The summed E-state index contributed by atoms with van der Waals surface area (Å²) in [4.78, 5) is 44.5. The average Bonchev–Trinajstić information content (AvgIpc) is 4.02. The zero-order valence-corrected chi connectivity index (χ0v) is 47.1. The highest BCUT2D eigenvalue weighted by Crippen LogP contribution is 2.48. The predicted molar refractivity (Wildman–Crippen MR) is 295 cm³/mol. The highest BCUT2D eigenvalue weighted by molar-refractivity contribution is 7.86. The SMILES string of the molecule is COCCOCCOCCOCCOCCOCCN1c2cc3c(cc2C(C)=CC1(C)C)C(=CC=CC1=[N+](CCCS(=O)(=O)O)c2ccc(S(=O)(=O)O)cc2C1(C)CCCC(=O)ON1C(=O)CCC1=O)C=C(c1ccccc1)O3. The lowest BCUT2D eigenvalue weighted by atomic mass is 9.75. The van der Waals surface area contributed by atoms with Crippen LogP contribution in [0.5, 0.6) is 5.75 Å². The van der Waals surface area contributed by atoms with Crippen LogP contribution in [-0.2, 0) is 73.3 Å². The molecule has 4 aliphatic heterocycles. The lowest BCUT2D eigenvalue weighted by molar-refractivity contribution is -0.437. The van der Waals surface area contributed by atoms with Gasteiger partial charge in [-0.1, -0.05) is 48.6 Å². The third-order valence-electron chi connectivity index (χ3n) is 13.9. The number of hydroxylamine groups is 2. The van der Waals surface area contributed by atoms with Crippen molar-refractivity contribution in [2.24, 2.45) is 0 Å². The van der Waals surface area contributed by atoms with Crippen molar-refractivity contribution >= 4 is 72.0 Å². The number of imide groups is 1. The molecule has 2 N–H and O–H groups in total. The molecule has 3 aromatic rings. The molecule has 1 fully saturated rings. The van der Waals surface area contributed by atoms with Gasteiger partial charge >= 0.3 is 5.97 Å². The second kappa shape index (κ2) is 27.5. The van der Waals surface area contributed by atoms with E-state index in [0.29, 0.717) is 113 Å². The van der Waals surface area contributed by atoms with Crippen LogP contribution in [0.25, 0.3) is 16.9 Å². The van der Waals surface area contributed by atoms with Gasteiger partial charge in [0.1, 0.15) is 18.1 Å². The molecule has 0 radical (unpaired) electrons. The van der Waals surface area contributed by atoms with Gasteiger partial charge in [0.25, 0.3) is 32.1 Å². The first-order valence-electron chi connectivity index (χ1n) is 26.4. The Morgan fingerprint density at radius 3 is 2.01 bits per heavy atom. The zero-order chi connectivity index (χ0) is 56.8. The van der Waals surface area contributed by atoms with Gasteiger partial charge in [0.15, 0.2) is 5.71 Å². The molecule has 79 heavy (non-hydrogen) atoms. The van der Waals surface area contributed by atoms with Crippen LogP contribution in [0, 0.1) is 0 Å². The van der Waals surface area contributed by atoms with Crippen molar-refractivity contribution in [1.29, 1.82) is 0 Å². The summed E-state index contributed by atoms with van der Waals surface area (Å²) >= 11 is 0. The molecule has 4 heterocycles. The van der Waals surface area contributed by atoms with Gasteiger partial charge in [-0.05, 0) is 76.0 Å². The molecular weight excluding hydrogens is 1060 g/mol. The second-order valence-electron chi connectivity index (χ2n) is 20.1. The van der Waals surface area contributed by atoms with Crippen LogP contribution in [0.3, 0.4) is 0 Å². The van der Waals surface area contributed by atoms with E-state index in [2.05, 4.69) is 43.9 Å². The molecule has 22 heteroatoms. The van der Waals surface area contributed by atoms with Gasteiger partial charge in [-0.15, -0.1) is 5.06 Å². The number of methoxy groups -OCH3 is 1. The van der Waals surface area contributed by atoms with E-state index in [-0.39, 0.29) is 55.5 Å². The molecule has 0 saturated carbocycles. The van der Waals surface area contributed by atoms with Crippen molar-refractivity contribution in [1.82, 2.24) is 5.06 Å². The molecule has 2 amide bonds. The lowest BCUT2D eigenvalue weighted by Crippen LogP contribution is -2.46. The van der Waals surface area contributed by atoms with Crippen molar-refractivity contribution in [3.63, 3.8) is 0 Å². The van der Waals surface area contributed by atoms with Crippen LogP contribution in [0.1, 0.15) is 88.5 Å². The van der Waals surface area contributed by atoms with E-state index in [4.69, 9.17) is 38.0 Å². The van der Waals surface area contributed by atoms with Crippen molar-refractivity contribution < 1.29 is 82.9 Å². The normalized spacial score (nSPS) is 18.5.